The average Bonchev–Trinajstić information content (AvgIpc) is 3.39. The molecule has 12 aromatic rings. The van der Waals surface area contributed by atoms with E-state index in [1.54, 1.807) is 0 Å². The van der Waals surface area contributed by atoms with Crippen LogP contribution >= 0.6 is 0 Å². The summed E-state index contributed by atoms with van der Waals surface area (Å²) in [5.41, 5.74) is 17.2. The standard InChI is InChI=1S/C64H34.4Y/c1-5-13-43(14-6-1)47-21-29-51(30-22-47)59-41-60(52-31-23-48(24-32-52)44-15-7-2-8-16-44)56-39-40-58-62(54-35-27-50(28-36-54)46-19-11-4-12-20-46)42-61(57-38-37-55(59)63(56)64(57)58)53-33-25-49(26-34-53)45-17-9-3-10-18-45;;;;/h1-13,15,17,19,21,23,25,27,29-42H;;;;/q-8;;;;. The molecule has 12 aromatic carbocycles. The molecular weight excluding hydrogens is 1120 g/mol. The van der Waals surface area contributed by atoms with Crippen molar-refractivity contribution < 1.29 is 131 Å². The molecule has 0 aromatic heterocycles. The topological polar surface area (TPSA) is 0 Å². The summed E-state index contributed by atoms with van der Waals surface area (Å²) < 4.78 is 0. The van der Waals surface area contributed by atoms with E-state index in [2.05, 4.69) is 182 Å². The van der Waals surface area contributed by atoms with Gasteiger partial charge in [-0.3, -0.25) is 0 Å². The molecule has 0 atom stereocenters. The van der Waals surface area contributed by atoms with Crippen LogP contribution in [0, 0.1) is 48.5 Å². The van der Waals surface area contributed by atoms with Gasteiger partial charge in [0.05, 0.1) is 0 Å². The monoisotopic (exact) mass is 1160 g/mol. The smallest absolute Gasteiger partial charge is 0 e. The van der Waals surface area contributed by atoms with Crippen molar-refractivity contribution >= 4 is 32.3 Å². The molecule has 0 aliphatic rings. The van der Waals surface area contributed by atoms with Gasteiger partial charge in [-0.15, -0.1) is 95.1 Å². The first-order chi connectivity index (χ1) is 31.7. The third-order valence-corrected chi connectivity index (χ3v) is 12.4. The van der Waals surface area contributed by atoms with Gasteiger partial charge in [-0.25, -0.2) is 44.5 Å². The van der Waals surface area contributed by atoms with Crippen molar-refractivity contribution in [3.05, 3.63) is 255 Å². The minimum absolute atomic E-state index is 0. The van der Waals surface area contributed by atoms with Crippen LogP contribution in [0.4, 0.5) is 0 Å². The van der Waals surface area contributed by atoms with Crippen LogP contribution in [-0.2, 0) is 131 Å². The Morgan fingerprint density at radius 3 is 0.647 bits per heavy atom. The molecular formula is C64H34Y4-8. The summed E-state index contributed by atoms with van der Waals surface area (Å²) >= 11 is 0. The Bertz CT molecular complexity index is 3100. The van der Waals surface area contributed by atoms with E-state index in [1.807, 2.05) is 72.8 Å². The SMILES string of the molecule is [Y].[Y].[Y].[Y].[c-]1ccccc1-c1[c-]cc(-c2cc(-c3c[c-]c(-c4[c-]cccc4)cc3)c3ccc4c(-c5c[c-]c(-c6[c-]cccc6)cc5)cc(-c5c[c-]c(-c6[c-]cccc6)cc5)c5ccc2c3c54)cc1. The van der Waals surface area contributed by atoms with Crippen molar-refractivity contribution in [2.75, 3.05) is 0 Å². The molecule has 0 bridgehead atoms. The van der Waals surface area contributed by atoms with Gasteiger partial charge in [-0.1, -0.05) is 58.7 Å². The normalized spacial score (nSPS) is 10.8. The summed E-state index contributed by atoms with van der Waals surface area (Å²) in [7, 11) is 0. The van der Waals surface area contributed by atoms with E-state index >= 15 is 0 Å². The Morgan fingerprint density at radius 1 is 0.221 bits per heavy atom. The third-order valence-electron chi connectivity index (χ3n) is 12.4. The van der Waals surface area contributed by atoms with E-state index in [4.69, 9.17) is 0 Å². The maximum absolute atomic E-state index is 3.61. The second kappa shape index (κ2) is 22.5. The van der Waals surface area contributed by atoms with Gasteiger partial charge in [-0.2, -0.15) is 146 Å². The van der Waals surface area contributed by atoms with E-state index in [1.165, 1.54) is 32.3 Å². The number of hydrogen-bond donors (Lipinski definition) is 0. The Morgan fingerprint density at radius 2 is 0.456 bits per heavy atom. The fourth-order valence-electron chi connectivity index (χ4n) is 9.23. The molecule has 0 saturated heterocycles. The molecule has 0 amide bonds. The van der Waals surface area contributed by atoms with Crippen LogP contribution in [0.2, 0.25) is 0 Å². The summed E-state index contributed by atoms with van der Waals surface area (Å²) in [4.78, 5) is 0. The minimum atomic E-state index is 0. The largest absolute Gasteiger partial charge is 0.226 e. The Balaban J connectivity index is 0.00000156. The Labute approximate surface area is 499 Å². The second-order valence-corrected chi connectivity index (χ2v) is 16.1. The van der Waals surface area contributed by atoms with Crippen LogP contribution in [0.25, 0.3) is 121 Å². The van der Waals surface area contributed by atoms with Gasteiger partial charge >= 0.3 is 0 Å². The Kier molecular flexibility index (Phi) is 16.7. The van der Waals surface area contributed by atoms with Crippen molar-refractivity contribution in [2.45, 2.75) is 0 Å². The number of hydrogen-bond acceptors (Lipinski definition) is 0. The molecule has 0 nitrogen and oxygen atoms in total. The quantitative estimate of drug-likeness (QED) is 0.105. The fraction of sp³-hybridized carbons (Fsp3) is 0. The first-order valence-corrected chi connectivity index (χ1v) is 21.5. The van der Waals surface area contributed by atoms with Gasteiger partial charge in [0.15, 0.2) is 0 Å². The predicted molar refractivity (Wildman–Crippen MR) is 264 cm³/mol. The van der Waals surface area contributed by atoms with Crippen LogP contribution in [0.1, 0.15) is 0 Å². The van der Waals surface area contributed by atoms with Crippen LogP contribution < -0.4 is 0 Å². The molecule has 0 unspecified atom stereocenters. The summed E-state index contributed by atoms with van der Waals surface area (Å²) in [6, 6.07) is 100. The van der Waals surface area contributed by atoms with Crippen molar-refractivity contribution in [3.63, 3.8) is 0 Å². The molecule has 68 heavy (non-hydrogen) atoms. The van der Waals surface area contributed by atoms with Crippen molar-refractivity contribution in [1.82, 2.24) is 0 Å². The Hall–Kier alpha value is -3.90. The molecule has 0 saturated carbocycles. The zero-order valence-corrected chi connectivity index (χ0v) is 48.3. The number of rotatable bonds is 8. The fourth-order valence-corrected chi connectivity index (χ4v) is 9.23. The summed E-state index contributed by atoms with van der Waals surface area (Å²) in [6.07, 6.45) is 0. The van der Waals surface area contributed by atoms with Crippen molar-refractivity contribution in [3.8, 4) is 89.0 Å². The van der Waals surface area contributed by atoms with E-state index in [-0.39, 0.29) is 131 Å². The number of benzene rings is 12. The first-order valence-electron chi connectivity index (χ1n) is 21.5. The molecule has 0 spiro atoms. The maximum atomic E-state index is 3.61. The predicted octanol–water partition coefficient (Wildman–Crippen LogP) is 16.3. The van der Waals surface area contributed by atoms with Crippen molar-refractivity contribution in [1.29, 1.82) is 0 Å². The van der Waals surface area contributed by atoms with Gasteiger partial charge in [0.2, 0.25) is 0 Å². The second-order valence-electron chi connectivity index (χ2n) is 16.1. The zero-order valence-electron chi connectivity index (χ0n) is 36.9. The van der Waals surface area contributed by atoms with Crippen molar-refractivity contribution in [2.24, 2.45) is 0 Å². The zero-order chi connectivity index (χ0) is 42.4. The molecule has 0 aliphatic heterocycles. The molecule has 0 aliphatic carbocycles. The molecule has 4 heteroatoms. The summed E-state index contributed by atoms with van der Waals surface area (Å²) in [5.74, 6) is 0. The van der Waals surface area contributed by atoms with E-state index in [0.717, 1.165) is 89.0 Å². The van der Waals surface area contributed by atoms with Gasteiger partial charge in [0.25, 0.3) is 0 Å². The molecule has 0 heterocycles. The van der Waals surface area contributed by atoms with Gasteiger partial charge in [0.1, 0.15) is 0 Å². The van der Waals surface area contributed by atoms with Crippen LogP contribution in [0.5, 0.6) is 0 Å². The van der Waals surface area contributed by atoms with E-state index < -0.39 is 0 Å². The molecule has 0 fully saturated rings. The first kappa shape index (κ1) is 50.5. The average molecular weight is 1160 g/mol. The molecule has 4 radical (unpaired) electrons. The van der Waals surface area contributed by atoms with Crippen LogP contribution in [0.15, 0.2) is 206 Å². The minimum Gasteiger partial charge on any atom is -0.226 e. The van der Waals surface area contributed by atoms with Crippen LogP contribution in [-0.4, -0.2) is 0 Å². The third kappa shape index (κ3) is 9.76. The molecule has 310 valence electrons. The van der Waals surface area contributed by atoms with Crippen LogP contribution in [0.3, 0.4) is 0 Å². The summed E-state index contributed by atoms with van der Waals surface area (Å²) in [5, 5.41) is 7.21. The molecule has 0 N–H and O–H groups in total. The van der Waals surface area contributed by atoms with Gasteiger partial charge < -0.3 is 0 Å². The van der Waals surface area contributed by atoms with E-state index in [9.17, 15) is 0 Å². The van der Waals surface area contributed by atoms with E-state index in [0.29, 0.717) is 0 Å². The van der Waals surface area contributed by atoms with Gasteiger partial charge in [-0.05, 0) is 32.3 Å². The molecule has 12 rings (SSSR count). The maximum Gasteiger partial charge on any atom is 0 e. The van der Waals surface area contributed by atoms with Gasteiger partial charge in [0, 0.05) is 131 Å². The summed E-state index contributed by atoms with van der Waals surface area (Å²) in [6.45, 7) is 0.